The molecule has 0 saturated carbocycles. The lowest BCUT2D eigenvalue weighted by molar-refractivity contribution is -0.131. The molecule has 1 spiro atoms. The predicted molar refractivity (Wildman–Crippen MR) is 160 cm³/mol. The Balaban J connectivity index is 1.34. The molecule has 2 aromatic rings. The van der Waals surface area contributed by atoms with E-state index in [9.17, 15) is 18.8 Å². The number of alkyl halides is 1. The summed E-state index contributed by atoms with van der Waals surface area (Å²) in [7, 11) is 1.90. The molecule has 2 aliphatic carbocycles. The predicted octanol–water partition coefficient (Wildman–Crippen LogP) is 4.30. The third kappa shape index (κ3) is 5.48. The van der Waals surface area contributed by atoms with Crippen molar-refractivity contribution in [2.24, 2.45) is 0 Å². The fraction of sp³-hybridized carbons (Fsp3) is 0.576. The smallest absolute Gasteiger partial charge is 0.318 e. The second-order valence-electron chi connectivity index (χ2n) is 12.9. The van der Waals surface area contributed by atoms with Crippen LogP contribution in [-0.4, -0.2) is 83.8 Å². The van der Waals surface area contributed by atoms with Crippen LogP contribution in [0.2, 0.25) is 0 Å². The third-order valence-corrected chi connectivity index (χ3v) is 10.0. The molecule has 10 heteroatoms. The lowest BCUT2D eigenvalue weighted by Gasteiger charge is -2.43. The molecule has 43 heavy (non-hydrogen) atoms. The molecule has 1 aromatic carbocycles. The molecular weight excluding hydrogens is 550 g/mol. The van der Waals surface area contributed by atoms with Gasteiger partial charge in [0, 0.05) is 49.6 Å². The van der Waals surface area contributed by atoms with Crippen molar-refractivity contribution in [3.63, 3.8) is 0 Å². The summed E-state index contributed by atoms with van der Waals surface area (Å²) in [6, 6.07) is 6.47. The fourth-order valence-electron chi connectivity index (χ4n) is 8.06. The van der Waals surface area contributed by atoms with Crippen LogP contribution in [-0.2, 0) is 29.5 Å². The van der Waals surface area contributed by atoms with Crippen molar-refractivity contribution >= 4 is 11.7 Å². The number of benzene rings is 1. The van der Waals surface area contributed by atoms with Gasteiger partial charge in [0.05, 0.1) is 24.2 Å². The van der Waals surface area contributed by atoms with Gasteiger partial charge in [0.2, 0.25) is 0 Å². The first kappa shape index (κ1) is 29.5. The molecule has 2 aliphatic heterocycles. The molecular formula is C33H40F2N6O2. The summed E-state index contributed by atoms with van der Waals surface area (Å²) in [5.41, 5.74) is 7.57. The van der Waals surface area contributed by atoms with E-state index in [0.717, 1.165) is 49.2 Å². The number of rotatable bonds is 6. The van der Waals surface area contributed by atoms with Gasteiger partial charge in [0.1, 0.15) is 18.6 Å². The fourth-order valence-corrected chi connectivity index (χ4v) is 8.06. The monoisotopic (exact) mass is 590 g/mol. The number of halogens is 2. The largest absolute Gasteiger partial charge is 0.462 e. The van der Waals surface area contributed by atoms with Gasteiger partial charge in [-0.25, -0.2) is 8.78 Å². The SMILES string of the molecule is C=C(F)C(=O)N1CCN(c2nc(OC[C@@H]3C[C@@H](F)CN3C)nc3c2CCC2(CCc4cc(C)cc(C)c42)C3)C[C@@H]1CC#N. The summed E-state index contributed by atoms with van der Waals surface area (Å²) < 4.78 is 34.1. The van der Waals surface area contributed by atoms with E-state index in [4.69, 9.17) is 14.7 Å². The number of carbonyl (C=O) groups excluding carboxylic acids is 1. The van der Waals surface area contributed by atoms with Crippen LogP contribution in [0, 0.1) is 25.2 Å². The minimum Gasteiger partial charge on any atom is -0.462 e. The van der Waals surface area contributed by atoms with Crippen molar-refractivity contribution in [2.45, 2.75) is 82.5 Å². The highest BCUT2D eigenvalue weighted by atomic mass is 19.1. The first-order valence-corrected chi connectivity index (χ1v) is 15.3. The average Bonchev–Trinajstić information content (AvgIpc) is 3.48. The Morgan fingerprint density at radius 3 is 2.70 bits per heavy atom. The van der Waals surface area contributed by atoms with E-state index in [0.29, 0.717) is 32.7 Å². The molecule has 1 aromatic heterocycles. The molecule has 4 atom stereocenters. The first-order chi connectivity index (χ1) is 20.6. The van der Waals surface area contributed by atoms with Crippen molar-refractivity contribution in [2.75, 3.05) is 44.7 Å². The molecule has 8 nitrogen and oxygen atoms in total. The average molecular weight is 591 g/mol. The molecule has 0 bridgehead atoms. The van der Waals surface area contributed by atoms with Crippen molar-refractivity contribution in [3.05, 3.63) is 58.0 Å². The number of nitriles is 1. The molecule has 2 fully saturated rings. The number of nitrogens with zero attached hydrogens (tertiary/aromatic N) is 6. The number of hydrogen-bond donors (Lipinski definition) is 0. The van der Waals surface area contributed by atoms with E-state index >= 15 is 0 Å². The maximum Gasteiger partial charge on any atom is 0.318 e. The van der Waals surface area contributed by atoms with Gasteiger partial charge in [-0.3, -0.25) is 9.69 Å². The van der Waals surface area contributed by atoms with Crippen LogP contribution in [0.4, 0.5) is 14.6 Å². The highest BCUT2D eigenvalue weighted by Crippen LogP contribution is 2.50. The highest BCUT2D eigenvalue weighted by Gasteiger charge is 2.44. The number of fused-ring (bicyclic) bond motifs is 3. The number of likely N-dealkylation sites (N-methyl/N-ethyl adjacent to an activating group) is 1. The topological polar surface area (TPSA) is 85.6 Å². The second-order valence-corrected chi connectivity index (χ2v) is 12.9. The summed E-state index contributed by atoms with van der Waals surface area (Å²) in [5, 5.41) is 9.50. The van der Waals surface area contributed by atoms with E-state index < -0.39 is 23.9 Å². The minimum atomic E-state index is -1.02. The Hall–Kier alpha value is -3.58. The number of likely N-dealkylation sites (tertiary alicyclic amines) is 1. The van der Waals surface area contributed by atoms with Crippen LogP contribution in [0.25, 0.3) is 0 Å². The first-order valence-electron chi connectivity index (χ1n) is 15.3. The standard InChI is InChI=1S/C33H40F2N6O2/c1-20-13-21(2)29-23(14-20)5-8-33(29)9-6-27-28(16-33)37-32(43-19-26-15-24(35)17-39(26)4)38-30(27)40-11-12-41(31(42)22(3)34)25(18-40)7-10-36/h13-14,24-26H,3,5-9,11-12,15-19H2,1-2,4H3/t24-,25+,26+,33?/m1/s1. The van der Waals surface area contributed by atoms with Gasteiger partial charge in [-0.2, -0.15) is 15.2 Å². The van der Waals surface area contributed by atoms with Crippen LogP contribution in [0.15, 0.2) is 24.5 Å². The van der Waals surface area contributed by atoms with Gasteiger partial charge in [-0.05, 0) is 69.7 Å². The maximum atomic E-state index is 14.1. The lowest BCUT2D eigenvalue weighted by atomic mass is 9.68. The summed E-state index contributed by atoms with van der Waals surface area (Å²) in [4.78, 5) is 27.9. The summed E-state index contributed by atoms with van der Waals surface area (Å²) in [5.74, 6) is -1.04. The minimum absolute atomic E-state index is 0.00603. The number of hydrogen-bond acceptors (Lipinski definition) is 7. The quantitative estimate of drug-likeness (QED) is 0.464. The highest BCUT2D eigenvalue weighted by molar-refractivity contribution is 5.91. The van der Waals surface area contributed by atoms with Crippen LogP contribution in [0.3, 0.4) is 0 Å². The number of anilines is 1. The van der Waals surface area contributed by atoms with Gasteiger partial charge in [-0.15, -0.1) is 0 Å². The molecule has 4 aliphatic rings. The Morgan fingerprint density at radius 1 is 1.19 bits per heavy atom. The van der Waals surface area contributed by atoms with Gasteiger partial charge >= 0.3 is 6.01 Å². The van der Waals surface area contributed by atoms with E-state index in [1.807, 2.05) is 11.9 Å². The van der Waals surface area contributed by atoms with Crippen LogP contribution < -0.4 is 9.64 Å². The number of aryl methyl sites for hydroxylation is 3. The Kier molecular flexibility index (Phi) is 7.88. The molecule has 2 saturated heterocycles. The van der Waals surface area contributed by atoms with E-state index in [-0.39, 0.29) is 30.4 Å². The van der Waals surface area contributed by atoms with Crippen LogP contribution in [0.1, 0.15) is 59.2 Å². The number of aromatic nitrogens is 2. The molecule has 0 N–H and O–H groups in total. The zero-order valence-corrected chi connectivity index (χ0v) is 25.3. The Bertz CT molecular complexity index is 1490. The van der Waals surface area contributed by atoms with Gasteiger partial charge in [0.15, 0.2) is 5.83 Å². The molecule has 0 radical (unpaired) electrons. The van der Waals surface area contributed by atoms with Gasteiger partial charge in [0.25, 0.3) is 5.91 Å². The normalized spacial score (nSPS) is 26.7. The lowest BCUT2D eigenvalue weighted by Crippen LogP contribution is -2.55. The van der Waals surface area contributed by atoms with E-state index in [1.54, 1.807) is 0 Å². The van der Waals surface area contributed by atoms with Crippen LogP contribution >= 0.6 is 0 Å². The number of carbonyl (C=O) groups is 1. The Morgan fingerprint density at radius 2 is 1.98 bits per heavy atom. The van der Waals surface area contributed by atoms with Gasteiger partial charge < -0.3 is 14.5 Å². The zero-order valence-electron chi connectivity index (χ0n) is 25.3. The van der Waals surface area contributed by atoms with E-state index in [2.05, 4.69) is 43.5 Å². The Labute approximate surface area is 252 Å². The zero-order chi connectivity index (χ0) is 30.5. The molecule has 1 amide bonds. The van der Waals surface area contributed by atoms with Crippen molar-refractivity contribution < 1.29 is 18.3 Å². The summed E-state index contributed by atoms with van der Waals surface area (Å²) >= 11 is 0. The van der Waals surface area contributed by atoms with Gasteiger partial charge in [-0.1, -0.05) is 24.3 Å². The van der Waals surface area contributed by atoms with Crippen LogP contribution in [0.5, 0.6) is 6.01 Å². The van der Waals surface area contributed by atoms with Crippen molar-refractivity contribution in [1.29, 1.82) is 5.26 Å². The van der Waals surface area contributed by atoms with Crippen molar-refractivity contribution in [1.82, 2.24) is 19.8 Å². The third-order valence-electron chi connectivity index (χ3n) is 10.0. The number of amides is 1. The number of ether oxygens (including phenoxy) is 1. The molecule has 3 heterocycles. The molecule has 1 unspecified atom stereocenters. The summed E-state index contributed by atoms with van der Waals surface area (Å²) in [6.45, 7) is 9.26. The molecule has 228 valence electrons. The van der Waals surface area contributed by atoms with E-state index in [1.165, 1.54) is 27.2 Å². The van der Waals surface area contributed by atoms with Crippen molar-refractivity contribution in [3.8, 4) is 12.1 Å². The maximum absolute atomic E-state index is 14.1. The molecule has 6 rings (SSSR count). The summed E-state index contributed by atoms with van der Waals surface area (Å²) in [6.07, 6.45) is 4.31. The number of piperazine rings is 1. The second kappa shape index (κ2) is 11.5.